The lowest BCUT2D eigenvalue weighted by Crippen LogP contribution is -2.42. The van der Waals surface area contributed by atoms with Gasteiger partial charge in [-0.1, -0.05) is 50.0 Å². The van der Waals surface area contributed by atoms with Gasteiger partial charge in [0.1, 0.15) is 5.92 Å². The zero-order valence-electron chi connectivity index (χ0n) is 18.5. The molecule has 3 rings (SSSR count). The van der Waals surface area contributed by atoms with Gasteiger partial charge in [0.05, 0.1) is 10.0 Å². The number of carbonyl (C=O) groups is 3. The molecular formula is C24H32Cl2N2O3. The summed E-state index contributed by atoms with van der Waals surface area (Å²) in [5, 5.41) is 3.85. The van der Waals surface area contributed by atoms with Gasteiger partial charge in [-0.2, -0.15) is 0 Å². The van der Waals surface area contributed by atoms with Gasteiger partial charge in [0.25, 0.3) is 5.91 Å². The highest BCUT2D eigenvalue weighted by Crippen LogP contribution is 2.39. The smallest absolute Gasteiger partial charge is 0.291 e. The SMILES string of the molecule is CC(C)(C)C1CCC(N2CC(C(=O)NCCCc3ccc(Cl)c(Cl)c3)C(=O)C2=O)CC1. The van der Waals surface area contributed by atoms with Gasteiger partial charge in [-0.15, -0.1) is 0 Å². The van der Waals surface area contributed by atoms with Gasteiger partial charge < -0.3 is 10.2 Å². The summed E-state index contributed by atoms with van der Waals surface area (Å²) < 4.78 is 0. The van der Waals surface area contributed by atoms with E-state index in [1.165, 1.54) is 0 Å². The fourth-order valence-corrected chi connectivity index (χ4v) is 5.07. The third-order valence-corrected chi connectivity index (χ3v) is 7.51. The standard InChI is InChI=1S/C24H32Cl2N2O3/c1-24(2,3)16-7-9-17(10-8-16)28-14-18(21(29)23(28)31)22(30)27-12-4-5-15-6-11-19(25)20(26)13-15/h6,11,13,16-18H,4-5,7-10,12,14H2,1-3H3,(H,27,30). The van der Waals surface area contributed by atoms with Gasteiger partial charge >= 0.3 is 0 Å². The number of ketones is 1. The van der Waals surface area contributed by atoms with E-state index in [0.29, 0.717) is 28.9 Å². The van der Waals surface area contributed by atoms with Crippen LogP contribution in [0, 0.1) is 17.3 Å². The minimum Gasteiger partial charge on any atom is -0.355 e. The molecule has 0 bridgehead atoms. The Hall–Kier alpha value is -1.59. The Morgan fingerprint density at radius 3 is 2.39 bits per heavy atom. The molecule has 1 N–H and O–H groups in total. The van der Waals surface area contributed by atoms with Crippen LogP contribution >= 0.6 is 23.2 Å². The fourth-order valence-electron chi connectivity index (χ4n) is 4.75. The number of likely N-dealkylation sites (tertiary alicyclic amines) is 1. The molecule has 1 aliphatic carbocycles. The number of aryl methyl sites for hydroxylation is 1. The number of hydrogen-bond acceptors (Lipinski definition) is 3. The molecule has 1 aliphatic heterocycles. The Morgan fingerprint density at radius 1 is 1.10 bits per heavy atom. The van der Waals surface area contributed by atoms with Crippen LogP contribution < -0.4 is 5.32 Å². The van der Waals surface area contributed by atoms with Crippen LogP contribution in [0.2, 0.25) is 10.0 Å². The van der Waals surface area contributed by atoms with E-state index in [1.807, 2.05) is 12.1 Å². The maximum Gasteiger partial charge on any atom is 0.291 e. The molecule has 2 fully saturated rings. The van der Waals surface area contributed by atoms with Crippen molar-refractivity contribution in [3.63, 3.8) is 0 Å². The maximum atomic E-state index is 12.6. The van der Waals surface area contributed by atoms with Gasteiger partial charge in [-0.25, -0.2) is 0 Å². The molecule has 2 aliphatic rings. The number of rotatable bonds is 6. The van der Waals surface area contributed by atoms with E-state index in [0.717, 1.165) is 37.7 Å². The predicted molar refractivity (Wildman–Crippen MR) is 123 cm³/mol. The number of hydrogen-bond donors (Lipinski definition) is 1. The van der Waals surface area contributed by atoms with Crippen LogP contribution in [0.4, 0.5) is 0 Å². The summed E-state index contributed by atoms with van der Waals surface area (Å²) in [4.78, 5) is 39.2. The Bertz CT molecular complexity index is 842. The first-order valence-electron chi connectivity index (χ1n) is 11.1. The van der Waals surface area contributed by atoms with Crippen molar-refractivity contribution in [3.05, 3.63) is 33.8 Å². The van der Waals surface area contributed by atoms with Crippen molar-refractivity contribution in [2.75, 3.05) is 13.1 Å². The monoisotopic (exact) mass is 466 g/mol. The summed E-state index contributed by atoms with van der Waals surface area (Å²) in [7, 11) is 0. The normalized spacial score (nSPS) is 24.5. The van der Waals surface area contributed by atoms with E-state index in [2.05, 4.69) is 26.1 Å². The molecule has 0 aromatic heterocycles. The van der Waals surface area contributed by atoms with Gasteiger partial charge in [-0.05, 0) is 67.6 Å². The van der Waals surface area contributed by atoms with Crippen molar-refractivity contribution < 1.29 is 14.4 Å². The molecule has 0 spiro atoms. The minimum atomic E-state index is -0.891. The molecule has 1 saturated heterocycles. The molecule has 7 heteroatoms. The Morgan fingerprint density at radius 2 is 1.77 bits per heavy atom. The third kappa shape index (κ3) is 5.81. The van der Waals surface area contributed by atoms with Crippen molar-refractivity contribution in [1.82, 2.24) is 10.2 Å². The molecule has 2 amide bonds. The van der Waals surface area contributed by atoms with Crippen LogP contribution in [-0.2, 0) is 20.8 Å². The number of benzene rings is 1. The molecule has 1 saturated carbocycles. The van der Waals surface area contributed by atoms with Crippen LogP contribution in [0.25, 0.3) is 0 Å². The van der Waals surface area contributed by atoms with Crippen molar-refractivity contribution in [3.8, 4) is 0 Å². The average molecular weight is 467 g/mol. The molecule has 1 aromatic rings. The van der Waals surface area contributed by atoms with E-state index in [9.17, 15) is 14.4 Å². The van der Waals surface area contributed by atoms with Crippen LogP contribution in [0.5, 0.6) is 0 Å². The van der Waals surface area contributed by atoms with Gasteiger partial charge in [0.2, 0.25) is 11.7 Å². The summed E-state index contributed by atoms with van der Waals surface area (Å²) in [5.41, 5.74) is 1.29. The summed E-state index contributed by atoms with van der Waals surface area (Å²) in [6.07, 6.45) is 5.35. The highest BCUT2D eigenvalue weighted by atomic mass is 35.5. The lowest BCUT2D eigenvalue weighted by Gasteiger charge is -2.39. The van der Waals surface area contributed by atoms with Gasteiger partial charge in [-0.3, -0.25) is 14.4 Å². The van der Waals surface area contributed by atoms with Crippen molar-refractivity contribution in [1.29, 1.82) is 0 Å². The number of halogens is 2. The number of Topliss-reactive ketones (excluding diaryl/α,β-unsaturated/α-hetero) is 1. The van der Waals surface area contributed by atoms with E-state index >= 15 is 0 Å². The summed E-state index contributed by atoms with van der Waals surface area (Å²) in [6.45, 7) is 7.41. The first kappa shape index (κ1) is 24.1. The summed E-state index contributed by atoms with van der Waals surface area (Å²) in [6, 6.07) is 5.55. The number of nitrogens with zero attached hydrogens (tertiary/aromatic N) is 1. The molecule has 1 atom stereocenters. The zero-order valence-corrected chi connectivity index (χ0v) is 20.1. The zero-order chi connectivity index (χ0) is 22.8. The lowest BCUT2D eigenvalue weighted by atomic mass is 9.71. The Labute approximate surface area is 194 Å². The van der Waals surface area contributed by atoms with Crippen LogP contribution in [0.3, 0.4) is 0 Å². The van der Waals surface area contributed by atoms with E-state index in [-0.39, 0.29) is 23.9 Å². The number of nitrogens with one attached hydrogen (secondary N) is 1. The average Bonchev–Trinajstić information content (AvgIpc) is 3.02. The van der Waals surface area contributed by atoms with Crippen molar-refractivity contribution in [2.24, 2.45) is 17.3 Å². The Kier molecular flexibility index (Phi) is 7.69. The topological polar surface area (TPSA) is 66.5 Å². The molecule has 1 unspecified atom stereocenters. The van der Waals surface area contributed by atoms with E-state index in [4.69, 9.17) is 23.2 Å². The van der Waals surface area contributed by atoms with Gasteiger partial charge in [0, 0.05) is 19.1 Å². The largest absolute Gasteiger partial charge is 0.355 e. The molecule has 170 valence electrons. The third-order valence-electron chi connectivity index (χ3n) is 6.77. The van der Waals surface area contributed by atoms with Crippen LogP contribution in [0.1, 0.15) is 58.4 Å². The lowest BCUT2D eigenvalue weighted by molar-refractivity contribution is -0.143. The van der Waals surface area contributed by atoms with E-state index < -0.39 is 17.6 Å². The molecule has 1 heterocycles. The minimum absolute atomic E-state index is 0.0718. The van der Waals surface area contributed by atoms with E-state index in [1.54, 1.807) is 11.0 Å². The Balaban J connectivity index is 1.47. The second kappa shape index (κ2) is 9.91. The van der Waals surface area contributed by atoms with Crippen LogP contribution in [0.15, 0.2) is 18.2 Å². The van der Waals surface area contributed by atoms with Gasteiger partial charge in [0.15, 0.2) is 0 Å². The number of amides is 2. The van der Waals surface area contributed by atoms with Crippen molar-refractivity contribution in [2.45, 2.75) is 65.3 Å². The highest BCUT2D eigenvalue weighted by Gasteiger charge is 2.46. The fraction of sp³-hybridized carbons (Fsp3) is 0.625. The summed E-state index contributed by atoms with van der Waals surface area (Å²) in [5.74, 6) is -1.67. The predicted octanol–water partition coefficient (Wildman–Crippen LogP) is 4.67. The highest BCUT2D eigenvalue weighted by molar-refractivity contribution is 6.42. The molecule has 31 heavy (non-hydrogen) atoms. The molecule has 1 aromatic carbocycles. The quantitative estimate of drug-likeness (QED) is 0.376. The van der Waals surface area contributed by atoms with Crippen LogP contribution in [-0.4, -0.2) is 41.6 Å². The maximum absolute atomic E-state index is 12.6. The molecule has 5 nitrogen and oxygen atoms in total. The van der Waals surface area contributed by atoms with Crippen molar-refractivity contribution >= 4 is 40.8 Å². The second-order valence-electron chi connectivity index (χ2n) is 9.89. The summed E-state index contributed by atoms with van der Waals surface area (Å²) >= 11 is 11.9. The number of carbonyl (C=O) groups excluding carboxylic acids is 3. The second-order valence-corrected chi connectivity index (χ2v) is 10.7. The molecule has 0 radical (unpaired) electrons. The first-order valence-corrected chi connectivity index (χ1v) is 11.9. The molecular weight excluding hydrogens is 435 g/mol. The first-order chi connectivity index (χ1) is 14.6.